The molecule has 15 heavy (non-hydrogen) atoms. The second kappa shape index (κ2) is 5.00. The van der Waals surface area contributed by atoms with E-state index in [2.05, 4.69) is 5.32 Å². The Bertz CT molecular complexity index is 311. The lowest BCUT2D eigenvalue weighted by Crippen LogP contribution is -2.41. The third-order valence-corrected chi connectivity index (χ3v) is 2.35. The van der Waals surface area contributed by atoms with Gasteiger partial charge in [-0.05, 0) is 12.1 Å². The molecular formula is C11H16N2O2. The Morgan fingerprint density at radius 1 is 1.47 bits per heavy atom. The van der Waals surface area contributed by atoms with Crippen LogP contribution >= 0.6 is 0 Å². The highest BCUT2D eigenvalue weighted by molar-refractivity contribution is 5.51. The first-order chi connectivity index (χ1) is 7.36. The number of anilines is 1. The molecule has 82 valence electrons. The van der Waals surface area contributed by atoms with Crippen LogP contribution in [0.5, 0.6) is 5.75 Å². The second-order valence-corrected chi connectivity index (χ2v) is 3.55. The summed E-state index contributed by atoms with van der Waals surface area (Å²) in [5.41, 5.74) is 6.42. The number of nitrogens with two attached hydrogens (primary N) is 1. The number of morpholine rings is 1. The lowest BCUT2D eigenvalue weighted by molar-refractivity contribution is 0.000357. The van der Waals surface area contributed by atoms with Crippen LogP contribution in [0.25, 0.3) is 0 Å². The van der Waals surface area contributed by atoms with Crippen LogP contribution in [0.4, 0.5) is 5.69 Å². The van der Waals surface area contributed by atoms with Crippen LogP contribution < -0.4 is 15.8 Å². The van der Waals surface area contributed by atoms with Crippen molar-refractivity contribution in [3.63, 3.8) is 0 Å². The average Bonchev–Trinajstić information content (AvgIpc) is 2.29. The number of benzene rings is 1. The van der Waals surface area contributed by atoms with Crippen molar-refractivity contribution in [3.05, 3.63) is 24.3 Å². The van der Waals surface area contributed by atoms with E-state index >= 15 is 0 Å². The summed E-state index contributed by atoms with van der Waals surface area (Å²) in [7, 11) is 0. The normalized spacial score (nSPS) is 21.2. The molecule has 0 spiro atoms. The monoisotopic (exact) mass is 208 g/mol. The van der Waals surface area contributed by atoms with Gasteiger partial charge in [-0.3, -0.25) is 0 Å². The molecule has 4 heteroatoms. The molecule has 1 aromatic carbocycles. The maximum Gasteiger partial charge on any atom is 0.142 e. The number of rotatable bonds is 3. The van der Waals surface area contributed by atoms with Gasteiger partial charge in [-0.25, -0.2) is 0 Å². The van der Waals surface area contributed by atoms with Gasteiger partial charge in [-0.1, -0.05) is 12.1 Å². The third-order valence-electron chi connectivity index (χ3n) is 2.35. The Hall–Kier alpha value is -1.26. The van der Waals surface area contributed by atoms with Crippen molar-refractivity contribution < 1.29 is 9.47 Å². The van der Waals surface area contributed by atoms with Crippen molar-refractivity contribution in [2.45, 2.75) is 6.10 Å². The van der Waals surface area contributed by atoms with Crippen LogP contribution in [-0.4, -0.2) is 32.4 Å². The second-order valence-electron chi connectivity index (χ2n) is 3.55. The molecule has 4 nitrogen and oxygen atoms in total. The van der Waals surface area contributed by atoms with Gasteiger partial charge in [0.1, 0.15) is 18.5 Å². The van der Waals surface area contributed by atoms with Gasteiger partial charge in [0.05, 0.1) is 12.3 Å². The summed E-state index contributed by atoms with van der Waals surface area (Å²) in [6.07, 6.45) is 0.123. The molecule has 1 aromatic rings. The average molecular weight is 208 g/mol. The smallest absolute Gasteiger partial charge is 0.142 e. The minimum Gasteiger partial charge on any atom is -0.489 e. The summed E-state index contributed by atoms with van der Waals surface area (Å²) in [4.78, 5) is 0. The Morgan fingerprint density at radius 3 is 3.07 bits per heavy atom. The van der Waals surface area contributed by atoms with E-state index in [1.54, 1.807) is 0 Å². The van der Waals surface area contributed by atoms with Gasteiger partial charge < -0.3 is 20.5 Å². The van der Waals surface area contributed by atoms with Gasteiger partial charge in [0.15, 0.2) is 0 Å². The maximum absolute atomic E-state index is 5.75. The molecule has 3 N–H and O–H groups in total. The van der Waals surface area contributed by atoms with E-state index < -0.39 is 0 Å². The fourth-order valence-corrected chi connectivity index (χ4v) is 1.52. The summed E-state index contributed by atoms with van der Waals surface area (Å²) in [5.74, 6) is 0.728. The van der Waals surface area contributed by atoms with Gasteiger partial charge in [0.25, 0.3) is 0 Å². The highest BCUT2D eigenvalue weighted by atomic mass is 16.5. The number of ether oxygens (including phenoxy) is 2. The Labute approximate surface area is 89.4 Å². The van der Waals surface area contributed by atoms with E-state index in [9.17, 15) is 0 Å². The summed E-state index contributed by atoms with van der Waals surface area (Å²) in [6, 6.07) is 7.49. The van der Waals surface area contributed by atoms with Crippen molar-refractivity contribution in [3.8, 4) is 5.75 Å². The highest BCUT2D eigenvalue weighted by Crippen LogP contribution is 2.19. The lowest BCUT2D eigenvalue weighted by Gasteiger charge is -2.23. The van der Waals surface area contributed by atoms with Crippen LogP contribution in [0.3, 0.4) is 0 Å². The molecule has 2 rings (SSSR count). The number of nitrogens with one attached hydrogen (secondary N) is 1. The highest BCUT2D eigenvalue weighted by Gasteiger charge is 2.14. The maximum atomic E-state index is 5.75. The summed E-state index contributed by atoms with van der Waals surface area (Å²) < 4.78 is 11.1. The Balaban J connectivity index is 1.84. The van der Waals surface area contributed by atoms with E-state index in [0.29, 0.717) is 12.3 Å². The molecule has 0 amide bonds. The van der Waals surface area contributed by atoms with E-state index in [1.807, 2.05) is 24.3 Å². The largest absolute Gasteiger partial charge is 0.489 e. The molecule has 0 aromatic heterocycles. The van der Waals surface area contributed by atoms with Gasteiger partial charge in [-0.2, -0.15) is 0 Å². The molecule has 1 atom stereocenters. The molecular weight excluding hydrogens is 192 g/mol. The van der Waals surface area contributed by atoms with Crippen LogP contribution in [0, 0.1) is 0 Å². The third kappa shape index (κ3) is 2.84. The Morgan fingerprint density at radius 2 is 2.33 bits per heavy atom. The van der Waals surface area contributed by atoms with Crippen molar-refractivity contribution in [1.29, 1.82) is 0 Å². The Kier molecular flexibility index (Phi) is 3.42. The first-order valence-electron chi connectivity index (χ1n) is 5.16. The molecule has 1 unspecified atom stereocenters. The zero-order chi connectivity index (χ0) is 10.5. The van der Waals surface area contributed by atoms with E-state index in [1.165, 1.54) is 0 Å². The zero-order valence-corrected chi connectivity index (χ0v) is 8.61. The molecule has 1 fully saturated rings. The molecule has 1 aliphatic heterocycles. The zero-order valence-electron chi connectivity index (χ0n) is 8.61. The number of para-hydroxylation sites is 2. The van der Waals surface area contributed by atoms with Gasteiger partial charge in [0, 0.05) is 13.1 Å². The van der Waals surface area contributed by atoms with Crippen LogP contribution in [-0.2, 0) is 4.74 Å². The molecule has 0 radical (unpaired) electrons. The fourth-order valence-electron chi connectivity index (χ4n) is 1.52. The number of hydrogen-bond acceptors (Lipinski definition) is 4. The van der Waals surface area contributed by atoms with Crippen LogP contribution in [0.1, 0.15) is 0 Å². The first-order valence-corrected chi connectivity index (χ1v) is 5.16. The number of hydrogen-bond donors (Lipinski definition) is 2. The first kappa shape index (κ1) is 10.3. The summed E-state index contributed by atoms with van der Waals surface area (Å²) >= 11 is 0. The van der Waals surface area contributed by atoms with Crippen LogP contribution in [0.15, 0.2) is 24.3 Å². The molecule has 1 heterocycles. The molecule has 1 aliphatic rings. The predicted octanol–water partition coefficient (Wildman–Crippen LogP) is 0.636. The van der Waals surface area contributed by atoms with E-state index in [4.69, 9.17) is 15.2 Å². The summed E-state index contributed by atoms with van der Waals surface area (Å²) in [6.45, 7) is 3.05. The molecule has 1 saturated heterocycles. The topological polar surface area (TPSA) is 56.5 Å². The van der Waals surface area contributed by atoms with Crippen molar-refractivity contribution >= 4 is 5.69 Å². The predicted molar refractivity (Wildman–Crippen MR) is 59.0 cm³/mol. The molecule has 0 aliphatic carbocycles. The molecule has 0 bridgehead atoms. The lowest BCUT2D eigenvalue weighted by atomic mass is 10.3. The van der Waals surface area contributed by atoms with Crippen LogP contribution in [0.2, 0.25) is 0 Å². The van der Waals surface area contributed by atoms with Crippen molar-refractivity contribution in [2.75, 3.05) is 32.0 Å². The minimum absolute atomic E-state index is 0.123. The number of nitrogen functional groups attached to an aromatic ring is 1. The standard InChI is InChI=1S/C11H16N2O2/c12-10-3-1-2-4-11(10)15-8-9-7-13-5-6-14-9/h1-4,9,13H,5-8,12H2. The molecule has 0 saturated carbocycles. The van der Waals surface area contributed by atoms with E-state index in [-0.39, 0.29) is 6.10 Å². The van der Waals surface area contributed by atoms with E-state index in [0.717, 1.165) is 25.4 Å². The van der Waals surface area contributed by atoms with Gasteiger partial charge in [-0.15, -0.1) is 0 Å². The van der Waals surface area contributed by atoms with Crippen molar-refractivity contribution in [1.82, 2.24) is 5.32 Å². The van der Waals surface area contributed by atoms with Gasteiger partial charge >= 0.3 is 0 Å². The van der Waals surface area contributed by atoms with Crippen molar-refractivity contribution in [2.24, 2.45) is 0 Å². The van der Waals surface area contributed by atoms with Gasteiger partial charge in [0.2, 0.25) is 0 Å². The SMILES string of the molecule is Nc1ccccc1OCC1CNCCO1. The summed E-state index contributed by atoms with van der Waals surface area (Å²) in [5, 5.41) is 3.25. The fraction of sp³-hybridized carbons (Fsp3) is 0.455. The quantitative estimate of drug-likeness (QED) is 0.716. The minimum atomic E-state index is 0.123.